The van der Waals surface area contributed by atoms with Crippen LogP contribution in [0.5, 0.6) is 0 Å². The van der Waals surface area contributed by atoms with Crippen molar-refractivity contribution in [2.24, 2.45) is 5.92 Å². The Balaban J connectivity index is 3.43. The van der Waals surface area contributed by atoms with E-state index in [0.29, 0.717) is 6.42 Å². The largest absolute Gasteiger partial charge is 0.396 e. The molecule has 0 aromatic rings. The first-order valence-corrected chi connectivity index (χ1v) is 3.00. The summed E-state index contributed by atoms with van der Waals surface area (Å²) >= 11 is 0. The van der Waals surface area contributed by atoms with Gasteiger partial charge in [-0.1, -0.05) is 6.08 Å². The molecule has 0 bridgehead atoms. The van der Waals surface area contributed by atoms with Crippen LogP contribution >= 0.6 is 0 Å². The van der Waals surface area contributed by atoms with E-state index >= 15 is 0 Å². The molecule has 0 aromatic heterocycles. The van der Waals surface area contributed by atoms with Gasteiger partial charge in [-0.2, -0.15) is 0 Å². The molecule has 0 fully saturated rings. The molecule has 0 saturated carbocycles. The molecule has 0 spiro atoms. The topological polar surface area (TPSA) is 20.2 Å². The van der Waals surface area contributed by atoms with E-state index in [1.807, 2.05) is 0 Å². The van der Waals surface area contributed by atoms with Crippen molar-refractivity contribution in [3.8, 4) is 12.3 Å². The third kappa shape index (κ3) is 3.81. The maximum atomic E-state index is 8.64. The van der Waals surface area contributed by atoms with Crippen molar-refractivity contribution in [1.82, 2.24) is 0 Å². The fourth-order valence-electron chi connectivity index (χ4n) is 0.625. The number of terminal acetylenes is 1. The highest BCUT2D eigenvalue weighted by Crippen LogP contribution is 2.05. The van der Waals surface area contributed by atoms with Gasteiger partial charge in [-0.3, -0.25) is 0 Å². The van der Waals surface area contributed by atoms with E-state index in [1.54, 1.807) is 6.08 Å². The van der Waals surface area contributed by atoms with Gasteiger partial charge >= 0.3 is 0 Å². The van der Waals surface area contributed by atoms with Crippen molar-refractivity contribution in [2.75, 3.05) is 6.61 Å². The molecule has 0 amide bonds. The lowest BCUT2D eigenvalue weighted by atomic mass is 10.0. The van der Waals surface area contributed by atoms with Gasteiger partial charge in [0.05, 0.1) is 0 Å². The highest BCUT2D eigenvalue weighted by Gasteiger charge is 2.00. The normalized spacial score (nSPS) is 12.0. The van der Waals surface area contributed by atoms with E-state index in [2.05, 4.69) is 12.5 Å². The lowest BCUT2D eigenvalue weighted by Crippen LogP contribution is -2.02. The van der Waals surface area contributed by atoms with Crippen LogP contribution in [-0.2, 0) is 0 Å². The second kappa shape index (κ2) is 5.40. The molecule has 0 saturated heterocycles. The van der Waals surface area contributed by atoms with Crippen LogP contribution in [0.25, 0.3) is 0 Å². The number of hydrogen-bond donors (Lipinski definition) is 1. The number of hydrogen-bond acceptors (Lipinski definition) is 1. The Morgan fingerprint density at radius 3 is 2.78 bits per heavy atom. The highest BCUT2D eigenvalue weighted by atomic mass is 16.3. The third-order valence-corrected chi connectivity index (χ3v) is 1.16. The van der Waals surface area contributed by atoms with Crippen molar-refractivity contribution in [1.29, 1.82) is 0 Å². The summed E-state index contributed by atoms with van der Waals surface area (Å²) in [6.45, 7) is 3.71. The van der Waals surface area contributed by atoms with Gasteiger partial charge < -0.3 is 5.11 Å². The van der Waals surface area contributed by atoms with Crippen LogP contribution in [0.1, 0.15) is 12.8 Å². The Kier molecular flexibility index (Phi) is 4.95. The quantitative estimate of drug-likeness (QED) is 0.441. The van der Waals surface area contributed by atoms with Crippen molar-refractivity contribution >= 4 is 0 Å². The van der Waals surface area contributed by atoms with Crippen LogP contribution in [0.15, 0.2) is 12.7 Å². The van der Waals surface area contributed by atoms with Gasteiger partial charge in [-0.25, -0.2) is 0 Å². The van der Waals surface area contributed by atoms with Crippen LogP contribution in [0.4, 0.5) is 0 Å². The number of rotatable bonds is 4. The molecule has 0 heterocycles. The minimum Gasteiger partial charge on any atom is -0.396 e. The summed E-state index contributed by atoms with van der Waals surface area (Å²) in [7, 11) is 0. The smallest absolute Gasteiger partial charge is 0.0471 e. The number of aliphatic hydroxyl groups is 1. The zero-order chi connectivity index (χ0) is 7.11. The first kappa shape index (κ1) is 8.26. The highest BCUT2D eigenvalue weighted by molar-refractivity contribution is 4.88. The molecule has 1 nitrogen and oxygen atoms in total. The van der Waals surface area contributed by atoms with Crippen LogP contribution in [-0.4, -0.2) is 11.7 Å². The monoisotopic (exact) mass is 124 g/mol. The van der Waals surface area contributed by atoms with Crippen molar-refractivity contribution in [3.05, 3.63) is 12.7 Å². The second-order valence-electron chi connectivity index (χ2n) is 1.98. The Bertz CT molecular complexity index is 110. The lowest BCUT2D eigenvalue weighted by Gasteiger charge is -2.05. The van der Waals surface area contributed by atoms with Crippen molar-refractivity contribution in [2.45, 2.75) is 12.8 Å². The maximum absolute atomic E-state index is 8.64. The third-order valence-electron chi connectivity index (χ3n) is 1.16. The van der Waals surface area contributed by atoms with Gasteiger partial charge in [0.25, 0.3) is 0 Å². The maximum Gasteiger partial charge on any atom is 0.0471 e. The van der Waals surface area contributed by atoms with Gasteiger partial charge in [-0.05, 0) is 12.3 Å². The van der Waals surface area contributed by atoms with E-state index in [4.69, 9.17) is 11.5 Å². The molecule has 1 atom stereocenters. The van der Waals surface area contributed by atoms with Gasteiger partial charge in [0.1, 0.15) is 0 Å². The lowest BCUT2D eigenvalue weighted by molar-refractivity contribution is 0.230. The Labute approximate surface area is 56.4 Å². The molecule has 0 aliphatic rings. The molecule has 1 heteroatoms. The average molecular weight is 124 g/mol. The average Bonchev–Trinajstić information content (AvgIpc) is 1.88. The Hall–Kier alpha value is -0.740. The van der Waals surface area contributed by atoms with Gasteiger partial charge in [0, 0.05) is 13.0 Å². The van der Waals surface area contributed by atoms with E-state index < -0.39 is 0 Å². The predicted octanol–water partition coefficient (Wildman–Crippen LogP) is 1.19. The summed E-state index contributed by atoms with van der Waals surface area (Å²) in [4.78, 5) is 0. The Morgan fingerprint density at radius 1 is 1.78 bits per heavy atom. The molecular formula is C8H12O. The van der Waals surface area contributed by atoms with E-state index in [1.165, 1.54) is 0 Å². The van der Waals surface area contributed by atoms with Gasteiger partial charge in [0.2, 0.25) is 0 Å². The minimum absolute atomic E-state index is 0.163. The first-order chi connectivity index (χ1) is 4.35. The SMILES string of the molecule is C#CCC(CO)CC=C. The zero-order valence-electron chi connectivity index (χ0n) is 5.51. The Morgan fingerprint density at radius 2 is 2.44 bits per heavy atom. The molecule has 0 radical (unpaired) electrons. The zero-order valence-corrected chi connectivity index (χ0v) is 5.51. The molecule has 0 aliphatic carbocycles. The fraction of sp³-hybridized carbons (Fsp3) is 0.500. The predicted molar refractivity (Wildman–Crippen MR) is 38.8 cm³/mol. The van der Waals surface area contributed by atoms with Crippen molar-refractivity contribution in [3.63, 3.8) is 0 Å². The van der Waals surface area contributed by atoms with Crippen LogP contribution in [0.3, 0.4) is 0 Å². The summed E-state index contributed by atoms with van der Waals surface area (Å²) in [5.74, 6) is 2.71. The molecule has 50 valence electrons. The number of aliphatic hydroxyl groups excluding tert-OH is 1. The van der Waals surface area contributed by atoms with Gasteiger partial charge in [-0.15, -0.1) is 18.9 Å². The summed E-state index contributed by atoms with van der Waals surface area (Å²) in [5, 5.41) is 8.64. The summed E-state index contributed by atoms with van der Waals surface area (Å²) in [6.07, 6.45) is 8.26. The molecule has 1 unspecified atom stereocenters. The first-order valence-electron chi connectivity index (χ1n) is 3.00. The molecule has 9 heavy (non-hydrogen) atoms. The van der Waals surface area contributed by atoms with Crippen LogP contribution in [0, 0.1) is 18.3 Å². The number of allylic oxidation sites excluding steroid dienone is 1. The molecule has 1 N–H and O–H groups in total. The molecule has 0 aliphatic heterocycles. The van der Waals surface area contributed by atoms with E-state index in [9.17, 15) is 0 Å². The van der Waals surface area contributed by atoms with E-state index in [0.717, 1.165) is 6.42 Å². The summed E-state index contributed by atoms with van der Waals surface area (Å²) in [5.41, 5.74) is 0. The van der Waals surface area contributed by atoms with Crippen molar-refractivity contribution < 1.29 is 5.11 Å². The molecule has 0 aromatic carbocycles. The van der Waals surface area contributed by atoms with Gasteiger partial charge in [0.15, 0.2) is 0 Å². The van der Waals surface area contributed by atoms with Crippen LogP contribution in [0.2, 0.25) is 0 Å². The molecule has 0 rings (SSSR count). The standard InChI is InChI=1S/C8H12O/c1-3-5-8(7-9)6-4-2/h1,4,8-9H,2,5-7H2. The molecular weight excluding hydrogens is 112 g/mol. The minimum atomic E-state index is 0.163. The fourth-order valence-corrected chi connectivity index (χ4v) is 0.625. The summed E-state index contributed by atoms with van der Waals surface area (Å²) in [6, 6.07) is 0. The van der Waals surface area contributed by atoms with E-state index in [-0.39, 0.29) is 12.5 Å². The van der Waals surface area contributed by atoms with Crippen LogP contribution < -0.4 is 0 Å². The summed E-state index contributed by atoms with van der Waals surface area (Å²) < 4.78 is 0. The second-order valence-corrected chi connectivity index (χ2v) is 1.98.